The molecule has 148 valence electrons. The number of methoxy groups -OCH3 is 1. The van der Waals surface area contributed by atoms with Crippen LogP contribution in [0, 0.1) is 0 Å². The maximum atomic E-state index is 12.1. The molecule has 1 aromatic carbocycles. The van der Waals surface area contributed by atoms with Gasteiger partial charge in [-0.3, -0.25) is 0 Å². The molecular formula is C21H29NO5. The molecular weight excluding hydrogens is 346 g/mol. The van der Waals surface area contributed by atoms with Gasteiger partial charge in [0.2, 0.25) is 0 Å². The molecule has 6 heteroatoms. The molecule has 0 amide bonds. The first kappa shape index (κ1) is 17.9. The van der Waals surface area contributed by atoms with Crippen LogP contribution in [0.15, 0.2) is 12.1 Å². The lowest BCUT2D eigenvalue weighted by molar-refractivity contribution is -0.212. The van der Waals surface area contributed by atoms with Crippen LogP contribution in [0.25, 0.3) is 0 Å². The first-order chi connectivity index (χ1) is 13.1. The Kier molecular flexibility index (Phi) is 4.08. The SMILES string of the molecule is COCCO[C@H]1CC[C@@]2(O)C3Cc4ccc(CO)c5c4[C@@]2(CCN3C)[C@H]1O5. The molecule has 2 N–H and O–H groups in total. The van der Waals surface area contributed by atoms with Crippen molar-refractivity contribution in [2.45, 2.75) is 61.6 Å². The van der Waals surface area contributed by atoms with E-state index in [1.165, 1.54) is 5.56 Å². The molecule has 0 aromatic heterocycles. The monoisotopic (exact) mass is 375 g/mol. The van der Waals surface area contributed by atoms with Crippen molar-refractivity contribution >= 4 is 0 Å². The van der Waals surface area contributed by atoms with Crippen LogP contribution in [0.2, 0.25) is 0 Å². The van der Waals surface area contributed by atoms with Gasteiger partial charge in [0, 0.05) is 24.3 Å². The summed E-state index contributed by atoms with van der Waals surface area (Å²) >= 11 is 0. The minimum absolute atomic E-state index is 0.0532. The van der Waals surface area contributed by atoms with Gasteiger partial charge in [-0.25, -0.2) is 0 Å². The number of benzene rings is 1. The van der Waals surface area contributed by atoms with Gasteiger partial charge < -0.3 is 29.3 Å². The third kappa shape index (κ3) is 2.13. The van der Waals surface area contributed by atoms with E-state index in [9.17, 15) is 10.2 Å². The lowest BCUT2D eigenvalue weighted by Crippen LogP contribution is -2.76. The van der Waals surface area contributed by atoms with Crippen molar-refractivity contribution < 1.29 is 24.4 Å². The third-order valence-electron chi connectivity index (χ3n) is 7.57. The van der Waals surface area contributed by atoms with Crippen LogP contribution in [0.3, 0.4) is 0 Å². The highest BCUT2D eigenvalue weighted by Gasteiger charge is 2.72. The van der Waals surface area contributed by atoms with Crippen molar-refractivity contribution in [3.63, 3.8) is 0 Å². The molecule has 2 bridgehead atoms. The van der Waals surface area contributed by atoms with E-state index in [4.69, 9.17) is 14.2 Å². The van der Waals surface area contributed by atoms with Crippen LogP contribution in [0.5, 0.6) is 5.75 Å². The molecule has 6 nitrogen and oxygen atoms in total. The van der Waals surface area contributed by atoms with E-state index >= 15 is 0 Å². The quantitative estimate of drug-likeness (QED) is 0.748. The van der Waals surface area contributed by atoms with Gasteiger partial charge in [0.1, 0.15) is 11.9 Å². The second-order valence-electron chi connectivity index (χ2n) is 8.57. The summed E-state index contributed by atoms with van der Waals surface area (Å²) in [4.78, 5) is 2.31. The zero-order valence-electron chi connectivity index (χ0n) is 16.1. The molecule has 5 rings (SSSR count). The predicted molar refractivity (Wildman–Crippen MR) is 99.0 cm³/mol. The Morgan fingerprint density at radius 1 is 1.30 bits per heavy atom. The second kappa shape index (κ2) is 6.16. The Morgan fingerprint density at radius 3 is 2.93 bits per heavy atom. The zero-order chi connectivity index (χ0) is 18.8. The summed E-state index contributed by atoms with van der Waals surface area (Å²) in [5.41, 5.74) is 1.94. The van der Waals surface area contributed by atoms with Crippen molar-refractivity contribution in [2.24, 2.45) is 0 Å². The minimum atomic E-state index is -0.821. The Bertz CT molecular complexity index is 754. The maximum absolute atomic E-state index is 12.1. The molecule has 2 aliphatic heterocycles. The molecule has 2 fully saturated rings. The molecule has 2 heterocycles. The van der Waals surface area contributed by atoms with Gasteiger partial charge >= 0.3 is 0 Å². The fraction of sp³-hybridized carbons (Fsp3) is 0.714. The minimum Gasteiger partial charge on any atom is -0.486 e. The molecule has 1 unspecified atom stereocenters. The fourth-order valence-electron chi connectivity index (χ4n) is 6.35. The Morgan fingerprint density at radius 2 is 2.15 bits per heavy atom. The number of aliphatic hydroxyl groups excluding tert-OH is 1. The highest BCUT2D eigenvalue weighted by Crippen LogP contribution is 2.64. The molecule has 1 spiro atoms. The first-order valence-corrected chi connectivity index (χ1v) is 10.0. The van der Waals surface area contributed by atoms with E-state index in [0.29, 0.717) is 19.6 Å². The van der Waals surface area contributed by atoms with Crippen LogP contribution in [0.1, 0.15) is 36.0 Å². The van der Waals surface area contributed by atoms with E-state index < -0.39 is 11.0 Å². The average Bonchev–Trinajstić information content (AvgIpc) is 3.02. The van der Waals surface area contributed by atoms with Crippen LogP contribution in [-0.4, -0.2) is 72.9 Å². The summed E-state index contributed by atoms with van der Waals surface area (Å²) in [5, 5.41) is 22.0. The van der Waals surface area contributed by atoms with Crippen molar-refractivity contribution in [3.8, 4) is 5.75 Å². The largest absolute Gasteiger partial charge is 0.486 e. The highest BCUT2D eigenvalue weighted by atomic mass is 16.6. The Balaban J connectivity index is 1.66. The van der Waals surface area contributed by atoms with Gasteiger partial charge in [-0.05, 0) is 44.8 Å². The van der Waals surface area contributed by atoms with Gasteiger partial charge in [0.05, 0.1) is 36.9 Å². The number of likely N-dealkylation sites (N-methyl/N-ethyl adjacent to an activating group) is 1. The van der Waals surface area contributed by atoms with E-state index in [1.54, 1.807) is 7.11 Å². The zero-order valence-corrected chi connectivity index (χ0v) is 16.1. The van der Waals surface area contributed by atoms with Gasteiger partial charge in [-0.15, -0.1) is 0 Å². The number of aliphatic hydroxyl groups is 2. The summed E-state index contributed by atoms with van der Waals surface area (Å²) in [6, 6.07) is 4.19. The number of hydrogen-bond acceptors (Lipinski definition) is 6. The molecule has 4 aliphatic rings. The first-order valence-electron chi connectivity index (χ1n) is 10.0. The standard InChI is InChI=1S/C21H29NO5/c1-22-8-7-20-17-13-3-4-14(12-23)18(17)27-19(20)15(26-10-9-25-2)5-6-21(20,24)16(22)11-13/h3-4,15-16,19,23-24H,5-12H2,1-2H3/t15-,16?,19-,20-,21+/m0/s1. The molecule has 5 atom stereocenters. The number of hydrogen-bond donors (Lipinski definition) is 2. The lowest BCUT2D eigenvalue weighted by Gasteiger charge is -2.63. The highest BCUT2D eigenvalue weighted by molar-refractivity contribution is 5.60. The van der Waals surface area contributed by atoms with E-state index in [1.807, 2.05) is 6.07 Å². The maximum Gasteiger partial charge on any atom is 0.137 e. The topological polar surface area (TPSA) is 71.4 Å². The number of likely N-dealkylation sites (tertiary alicyclic amines) is 1. The van der Waals surface area contributed by atoms with Crippen molar-refractivity contribution in [3.05, 3.63) is 28.8 Å². The van der Waals surface area contributed by atoms with Crippen LogP contribution >= 0.6 is 0 Å². The van der Waals surface area contributed by atoms with Gasteiger partial charge in [-0.2, -0.15) is 0 Å². The summed E-state index contributed by atoms with van der Waals surface area (Å²) < 4.78 is 17.9. The summed E-state index contributed by atoms with van der Waals surface area (Å²) in [6.07, 6.45) is 2.87. The molecule has 1 aromatic rings. The second-order valence-corrected chi connectivity index (χ2v) is 8.57. The molecule has 2 aliphatic carbocycles. The van der Waals surface area contributed by atoms with Crippen LogP contribution < -0.4 is 4.74 Å². The molecule has 1 saturated heterocycles. The summed E-state index contributed by atoms with van der Waals surface area (Å²) in [7, 11) is 3.79. The van der Waals surface area contributed by atoms with Crippen molar-refractivity contribution in [1.29, 1.82) is 0 Å². The number of nitrogens with zero attached hydrogens (tertiary/aromatic N) is 1. The summed E-state index contributed by atoms with van der Waals surface area (Å²) in [5.74, 6) is 0.795. The molecule has 27 heavy (non-hydrogen) atoms. The van der Waals surface area contributed by atoms with Gasteiger partial charge in [-0.1, -0.05) is 12.1 Å². The van der Waals surface area contributed by atoms with Gasteiger partial charge in [0.25, 0.3) is 0 Å². The van der Waals surface area contributed by atoms with Crippen LogP contribution in [0.4, 0.5) is 0 Å². The van der Waals surface area contributed by atoms with Gasteiger partial charge in [0.15, 0.2) is 0 Å². The molecule has 1 saturated carbocycles. The third-order valence-corrected chi connectivity index (χ3v) is 7.57. The summed E-state index contributed by atoms with van der Waals surface area (Å²) in [6.45, 7) is 1.95. The van der Waals surface area contributed by atoms with Crippen molar-refractivity contribution in [1.82, 2.24) is 4.90 Å². The molecule has 0 radical (unpaired) electrons. The predicted octanol–water partition coefficient (Wildman–Crippen LogP) is 0.994. The average molecular weight is 375 g/mol. The Hall–Kier alpha value is -1.18. The normalized spacial score (nSPS) is 39.2. The van der Waals surface area contributed by atoms with E-state index in [2.05, 4.69) is 18.0 Å². The number of rotatable bonds is 5. The smallest absolute Gasteiger partial charge is 0.137 e. The fourth-order valence-corrected chi connectivity index (χ4v) is 6.35. The van der Waals surface area contributed by atoms with Crippen LogP contribution in [-0.2, 0) is 27.9 Å². The lowest BCUT2D eigenvalue weighted by atomic mass is 9.48. The number of ether oxygens (including phenoxy) is 3. The Labute approximate surface area is 160 Å². The van der Waals surface area contributed by atoms with E-state index in [-0.39, 0.29) is 24.9 Å². The number of piperidine rings is 1. The van der Waals surface area contributed by atoms with E-state index in [0.717, 1.165) is 42.7 Å². The van der Waals surface area contributed by atoms with Crippen molar-refractivity contribution in [2.75, 3.05) is 33.9 Å².